The first kappa shape index (κ1) is 19.2. The van der Waals surface area contributed by atoms with Gasteiger partial charge in [0.05, 0.1) is 5.69 Å². The number of halogens is 3. The molecule has 0 saturated heterocycles. The number of nitrogens with two attached hydrogens (primary N) is 1. The zero-order chi connectivity index (χ0) is 20.3. The standard InChI is InChI=1S/C18H16F3N5O2/c1-11(27)23-17-24-16(12-2-4-13(22)5-3-12)25-26(17)14-6-8-15(9-7-14)28-10-18(19,20)21/h2-9H,10,22H2,1H3,(H,23,24,25,27). The minimum Gasteiger partial charge on any atom is -0.484 e. The summed E-state index contributed by atoms with van der Waals surface area (Å²) in [6.07, 6.45) is -4.42. The van der Waals surface area contributed by atoms with Gasteiger partial charge in [-0.2, -0.15) is 22.8 Å². The van der Waals surface area contributed by atoms with Crippen molar-refractivity contribution in [3.63, 3.8) is 0 Å². The van der Waals surface area contributed by atoms with Gasteiger partial charge in [-0.25, -0.2) is 0 Å². The summed E-state index contributed by atoms with van der Waals surface area (Å²) in [4.78, 5) is 15.8. The first-order valence-electron chi connectivity index (χ1n) is 8.12. The molecule has 1 aromatic heterocycles. The molecule has 0 spiro atoms. The molecule has 0 atom stereocenters. The van der Waals surface area contributed by atoms with E-state index in [9.17, 15) is 18.0 Å². The molecule has 0 aliphatic rings. The maximum Gasteiger partial charge on any atom is 0.422 e. The van der Waals surface area contributed by atoms with Gasteiger partial charge in [-0.15, -0.1) is 5.10 Å². The number of nitrogen functional groups attached to an aromatic ring is 1. The highest BCUT2D eigenvalue weighted by molar-refractivity contribution is 5.87. The van der Waals surface area contributed by atoms with Crippen molar-refractivity contribution in [3.8, 4) is 22.8 Å². The molecule has 28 heavy (non-hydrogen) atoms. The van der Waals surface area contributed by atoms with Gasteiger partial charge < -0.3 is 10.5 Å². The first-order valence-corrected chi connectivity index (χ1v) is 8.12. The molecule has 10 heteroatoms. The number of anilines is 2. The molecule has 0 bridgehead atoms. The van der Waals surface area contributed by atoms with Crippen molar-refractivity contribution in [2.45, 2.75) is 13.1 Å². The van der Waals surface area contributed by atoms with Crippen molar-refractivity contribution < 1.29 is 22.7 Å². The fraction of sp³-hybridized carbons (Fsp3) is 0.167. The van der Waals surface area contributed by atoms with E-state index in [1.807, 2.05) is 0 Å². The zero-order valence-corrected chi connectivity index (χ0v) is 14.7. The number of aromatic nitrogens is 3. The molecule has 1 heterocycles. The lowest BCUT2D eigenvalue weighted by molar-refractivity contribution is -0.153. The molecule has 3 rings (SSSR count). The second kappa shape index (κ2) is 7.59. The van der Waals surface area contributed by atoms with Gasteiger partial charge in [-0.1, -0.05) is 0 Å². The van der Waals surface area contributed by atoms with Crippen molar-refractivity contribution in [3.05, 3.63) is 48.5 Å². The Morgan fingerprint density at radius 2 is 1.79 bits per heavy atom. The van der Waals surface area contributed by atoms with E-state index >= 15 is 0 Å². The summed E-state index contributed by atoms with van der Waals surface area (Å²) in [6.45, 7) is -0.0515. The molecule has 0 aliphatic heterocycles. The predicted octanol–water partition coefficient (Wildman–Crippen LogP) is 3.42. The number of amides is 1. The Morgan fingerprint density at radius 3 is 2.36 bits per heavy atom. The number of nitrogens with one attached hydrogen (secondary N) is 1. The molecule has 7 nitrogen and oxygen atoms in total. The fourth-order valence-electron chi connectivity index (χ4n) is 2.33. The minimum atomic E-state index is -4.42. The van der Waals surface area contributed by atoms with Gasteiger partial charge in [0.15, 0.2) is 12.4 Å². The summed E-state index contributed by atoms with van der Waals surface area (Å²) in [6, 6.07) is 12.6. The fourth-order valence-corrected chi connectivity index (χ4v) is 2.33. The lowest BCUT2D eigenvalue weighted by Gasteiger charge is -2.10. The lowest BCUT2D eigenvalue weighted by atomic mass is 10.2. The smallest absolute Gasteiger partial charge is 0.422 e. The highest BCUT2D eigenvalue weighted by atomic mass is 19.4. The Morgan fingerprint density at radius 1 is 1.14 bits per heavy atom. The van der Waals surface area contributed by atoms with Crippen LogP contribution in [-0.4, -0.2) is 33.5 Å². The minimum absolute atomic E-state index is 0.0565. The van der Waals surface area contributed by atoms with Crippen molar-refractivity contribution in [1.29, 1.82) is 0 Å². The van der Waals surface area contributed by atoms with Crippen LogP contribution in [-0.2, 0) is 4.79 Å². The highest BCUT2D eigenvalue weighted by Gasteiger charge is 2.28. The molecular weight excluding hydrogens is 375 g/mol. The van der Waals surface area contributed by atoms with Crippen LogP contribution in [0.1, 0.15) is 6.92 Å². The Hall–Kier alpha value is -3.56. The van der Waals surface area contributed by atoms with Crippen LogP contribution in [0.25, 0.3) is 17.1 Å². The zero-order valence-electron chi connectivity index (χ0n) is 14.7. The van der Waals surface area contributed by atoms with Crippen LogP contribution in [0.5, 0.6) is 5.75 Å². The third kappa shape index (κ3) is 4.78. The van der Waals surface area contributed by atoms with Crippen LogP contribution >= 0.6 is 0 Å². The van der Waals surface area contributed by atoms with E-state index in [0.29, 0.717) is 22.8 Å². The molecule has 146 valence electrons. The van der Waals surface area contributed by atoms with Crippen LogP contribution in [0.3, 0.4) is 0 Å². The largest absolute Gasteiger partial charge is 0.484 e. The number of hydrogen-bond donors (Lipinski definition) is 2. The summed E-state index contributed by atoms with van der Waals surface area (Å²) >= 11 is 0. The molecule has 0 saturated carbocycles. The van der Waals surface area contributed by atoms with Gasteiger partial charge in [0.1, 0.15) is 5.75 Å². The number of carbonyl (C=O) groups excluding carboxylic acids is 1. The average molecular weight is 391 g/mol. The van der Waals surface area contributed by atoms with E-state index in [-0.39, 0.29) is 17.6 Å². The second-order valence-electron chi connectivity index (χ2n) is 5.87. The number of rotatable bonds is 5. The molecule has 0 fully saturated rings. The van der Waals surface area contributed by atoms with Crippen LogP contribution in [0.2, 0.25) is 0 Å². The SMILES string of the molecule is CC(=O)Nc1nc(-c2ccc(N)cc2)nn1-c1ccc(OCC(F)(F)F)cc1. The number of alkyl halides is 3. The van der Waals surface area contributed by atoms with Crippen LogP contribution in [0.15, 0.2) is 48.5 Å². The van der Waals surface area contributed by atoms with Crippen molar-refractivity contribution >= 4 is 17.5 Å². The maximum absolute atomic E-state index is 12.3. The molecule has 0 radical (unpaired) electrons. The quantitative estimate of drug-likeness (QED) is 0.650. The van der Waals surface area contributed by atoms with Crippen LogP contribution in [0, 0.1) is 0 Å². The summed E-state index contributed by atoms with van der Waals surface area (Å²) in [7, 11) is 0. The van der Waals surface area contributed by atoms with Gasteiger partial charge in [-0.05, 0) is 48.5 Å². The van der Waals surface area contributed by atoms with E-state index in [1.54, 1.807) is 24.3 Å². The van der Waals surface area contributed by atoms with Crippen LogP contribution < -0.4 is 15.8 Å². The monoisotopic (exact) mass is 391 g/mol. The van der Waals surface area contributed by atoms with E-state index < -0.39 is 12.8 Å². The Bertz CT molecular complexity index is 966. The van der Waals surface area contributed by atoms with Gasteiger partial charge in [0, 0.05) is 18.2 Å². The molecule has 0 unspecified atom stereocenters. The van der Waals surface area contributed by atoms with Gasteiger partial charge in [0.25, 0.3) is 0 Å². The highest BCUT2D eigenvalue weighted by Crippen LogP contribution is 2.24. The average Bonchev–Trinajstić information content (AvgIpc) is 3.03. The topological polar surface area (TPSA) is 95.1 Å². The van der Waals surface area contributed by atoms with Gasteiger partial charge >= 0.3 is 6.18 Å². The number of benzene rings is 2. The molecular formula is C18H16F3N5O2. The third-order valence-corrected chi connectivity index (χ3v) is 3.55. The van der Waals surface area contributed by atoms with Crippen LogP contribution in [0.4, 0.5) is 24.8 Å². The third-order valence-electron chi connectivity index (χ3n) is 3.55. The Kier molecular flexibility index (Phi) is 5.21. The van der Waals surface area contributed by atoms with Crippen molar-refractivity contribution in [2.24, 2.45) is 0 Å². The molecule has 3 N–H and O–H groups in total. The van der Waals surface area contributed by atoms with E-state index in [1.165, 1.54) is 35.9 Å². The van der Waals surface area contributed by atoms with Crippen molar-refractivity contribution in [1.82, 2.24) is 14.8 Å². The van der Waals surface area contributed by atoms with Crippen molar-refractivity contribution in [2.75, 3.05) is 17.7 Å². The predicted molar refractivity (Wildman–Crippen MR) is 97.1 cm³/mol. The second-order valence-corrected chi connectivity index (χ2v) is 5.87. The summed E-state index contributed by atoms with van der Waals surface area (Å²) in [5, 5.41) is 6.96. The number of carbonyl (C=O) groups is 1. The Labute approximate surface area is 157 Å². The maximum atomic E-state index is 12.3. The molecule has 1 amide bonds. The first-order chi connectivity index (χ1) is 13.2. The summed E-state index contributed by atoms with van der Waals surface area (Å²) in [5.41, 5.74) is 7.43. The van der Waals surface area contributed by atoms with E-state index in [2.05, 4.69) is 20.1 Å². The number of nitrogens with zero attached hydrogens (tertiary/aromatic N) is 3. The number of hydrogen-bond acceptors (Lipinski definition) is 5. The van der Waals surface area contributed by atoms with E-state index in [4.69, 9.17) is 5.73 Å². The Balaban J connectivity index is 1.91. The normalized spacial score (nSPS) is 11.3. The molecule has 3 aromatic rings. The van der Waals surface area contributed by atoms with Gasteiger partial charge in [0.2, 0.25) is 11.9 Å². The summed E-state index contributed by atoms with van der Waals surface area (Å²) in [5.74, 6) is 0.230. The number of ether oxygens (including phenoxy) is 1. The van der Waals surface area contributed by atoms with Gasteiger partial charge in [-0.3, -0.25) is 10.1 Å². The summed E-state index contributed by atoms with van der Waals surface area (Å²) < 4.78 is 42.8. The molecule has 2 aromatic carbocycles. The lowest BCUT2D eigenvalue weighted by Crippen LogP contribution is -2.19. The molecule has 0 aliphatic carbocycles. The van der Waals surface area contributed by atoms with E-state index in [0.717, 1.165) is 0 Å².